The van der Waals surface area contributed by atoms with Crippen molar-refractivity contribution in [2.75, 3.05) is 5.32 Å². The molecule has 0 bridgehead atoms. The summed E-state index contributed by atoms with van der Waals surface area (Å²) in [5, 5.41) is 4.92. The van der Waals surface area contributed by atoms with E-state index >= 15 is 0 Å². The molecule has 0 fully saturated rings. The van der Waals surface area contributed by atoms with Crippen LogP contribution in [0.4, 0.5) is 11.5 Å². The van der Waals surface area contributed by atoms with Crippen LogP contribution < -0.4 is 5.32 Å². The van der Waals surface area contributed by atoms with Crippen LogP contribution in [0.1, 0.15) is 5.56 Å². The highest BCUT2D eigenvalue weighted by Gasteiger charge is 2.04. The summed E-state index contributed by atoms with van der Waals surface area (Å²) in [6.07, 6.45) is 1.54. The van der Waals surface area contributed by atoms with E-state index in [-0.39, 0.29) is 12.4 Å². The van der Waals surface area contributed by atoms with Crippen LogP contribution in [-0.4, -0.2) is 9.97 Å². The first-order chi connectivity index (χ1) is 9.22. The van der Waals surface area contributed by atoms with Crippen LogP contribution in [0.15, 0.2) is 48.8 Å². The van der Waals surface area contributed by atoms with E-state index in [4.69, 9.17) is 11.6 Å². The van der Waals surface area contributed by atoms with E-state index < -0.39 is 0 Å². The third kappa shape index (κ3) is 3.00. The molecule has 3 aromatic rings. The van der Waals surface area contributed by atoms with Crippen LogP contribution in [-0.2, 0) is 0 Å². The number of nitrogens with zero attached hydrogens (tertiary/aromatic N) is 2. The van der Waals surface area contributed by atoms with Gasteiger partial charge in [0.2, 0.25) is 0 Å². The van der Waals surface area contributed by atoms with Crippen molar-refractivity contribution in [3.05, 3.63) is 59.4 Å². The summed E-state index contributed by atoms with van der Waals surface area (Å²) >= 11 is 5.97. The Kier molecular flexibility index (Phi) is 4.42. The maximum Gasteiger partial charge on any atom is 0.141 e. The van der Waals surface area contributed by atoms with Gasteiger partial charge in [0, 0.05) is 16.1 Å². The van der Waals surface area contributed by atoms with Crippen LogP contribution in [0.25, 0.3) is 10.9 Å². The minimum Gasteiger partial charge on any atom is -0.340 e. The van der Waals surface area contributed by atoms with Crippen molar-refractivity contribution < 1.29 is 0 Å². The average molecular weight is 306 g/mol. The maximum atomic E-state index is 5.97. The van der Waals surface area contributed by atoms with Gasteiger partial charge in [0.15, 0.2) is 0 Å². The van der Waals surface area contributed by atoms with Crippen molar-refractivity contribution in [3.8, 4) is 0 Å². The Labute approximate surface area is 128 Å². The van der Waals surface area contributed by atoms with Gasteiger partial charge < -0.3 is 5.32 Å². The van der Waals surface area contributed by atoms with Gasteiger partial charge in [-0.3, -0.25) is 0 Å². The Morgan fingerprint density at radius 2 is 1.75 bits per heavy atom. The lowest BCUT2D eigenvalue weighted by Gasteiger charge is -2.08. The van der Waals surface area contributed by atoms with Crippen molar-refractivity contribution in [2.24, 2.45) is 0 Å². The van der Waals surface area contributed by atoms with Crippen LogP contribution in [0.2, 0.25) is 5.02 Å². The Hall–Kier alpha value is -1.84. The molecule has 1 heterocycles. The molecule has 0 aliphatic rings. The van der Waals surface area contributed by atoms with E-state index in [1.54, 1.807) is 0 Å². The fourth-order valence-electron chi connectivity index (χ4n) is 1.90. The first-order valence-corrected chi connectivity index (χ1v) is 6.34. The molecule has 20 heavy (non-hydrogen) atoms. The monoisotopic (exact) mass is 305 g/mol. The smallest absolute Gasteiger partial charge is 0.141 e. The van der Waals surface area contributed by atoms with Crippen molar-refractivity contribution in [2.45, 2.75) is 6.92 Å². The van der Waals surface area contributed by atoms with Gasteiger partial charge in [-0.1, -0.05) is 29.3 Å². The Bertz CT molecular complexity index is 727. The normalized spacial score (nSPS) is 10.1. The fourth-order valence-corrected chi connectivity index (χ4v) is 2.07. The third-order valence-corrected chi connectivity index (χ3v) is 3.15. The number of aryl methyl sites for hydroxylation is 1. The molecule has 0 saturated carbocycles. The molecule has 0 amide bonds. The summed E-state index contributed by atoms with van der Waals surface area (Å²) in [6, 6.07) is 13.8. The lowest BCUT2D eigenvalue weighted by Crippen LogP contribution is -1.95. The Balaban J connectivity index is 0.00000147. The van der Waals surface area contributed by atoms with Crippen molar-refractivity contribution in [1.82, 2.24) is 9.97 Å². The summed E-state index contributed by atoms with van der Waals surface area (Å²) in [7, 11) is 0. The highest BCUT2D eigenvalue weighted by molar-refractivity contribution is 6.31. The minimum absolute atomic E-state index is 0. The lowest BCUT2D eigenvalue weighted by molar-refractivity contribution is 1.22. The number of anilines is 2. The minimum atomic E-state index is 0. The zero-order valence-electron chi connectivity index (χ0n) is 10.8. The van der Waals surface area contributed by atoms with E-state index in [0.717, 1.165) is 22.4 Å². The second-order valence-electron chi connectivity index (χ2n) is 4.37. The highest BCUT2D eigenvalue weighted by atomic mass is 35.5. The fraction of sp³-hybridized carbons (Fsp3) is 0.0667. The maximum absolute atomic E-state index is 5.97. The number of rotatable bonds is 2. The van der Waals surface area contributed by atoms with Crippen LogP contribution in [0.5, 0.6) is 0 Å². The zero-order valence-corrected chi connectivity index (χ0v) is 12.4. The summed E-state index contributed by atoms with van der Waals surface area (Å²) in [5.41, 5.74) is 3.06. The molecule has 0 aliphatic carbocycles. The van der Waals surface area contributed by atoms with E-state index in [2.05, 4.69) is 34.3 Å². The number of hydrogen-bond donors (Lipinski definition) is 1. The largest absolute Gasteiger partial charge is 0.340 e. The van der Waals surface area contributed by atoms with Gasteiger partial charge in [0.25, 0.3) is 0 Å². The number of fused-ring (bicyclic) bond motifs is 1. The Morgan fingerprint density at radius 1 is 1.00 bits per heavy atom. The van der Waals surface area contributed by atoms with Crippen LogP contribution in [0, 0.1) is 6.92 Å². The molecule has 0 atom stereocenters. The molecular weight excluding hydrogens is 293 g/mol. The molecule has 5 heteroatoms. The molecule has 0 saturated heterocycles. The number of halogens is 2. The van der Waals surface area contributed by atoms with E-state index in [9.17, 15) is 0 Å². The van der Waals surface area contributed by atoms with Gasteiger partial charge in [-0.25, -0.2) is 9.97 Å². The quantitative estimate of drug-likeness (QED) is 0.742. The van der Waals surface area contributed by atoms with E-state index in [0.29, 0.717) is 5.02 Å². The SMILES string of the molecule is Cc1ccc(Nc2ncnc3cc(Cl)ccc23)cc1.Cl. The molecule has 2 aromatic carbocycles. The van der Waals surface area contributed by atoms with Gasteiger partial charge in [0.05, 0.1) is 5.52 Å². The van der Waals surface area contributed by atoms with Gasteiger partial charge in [-0.2, -0.15) is 0 Å². The molecular formula is C15H13Cl2N3. The predicted octanol–water partition coefficient (Wildman–Crippen LogP) is 4.76. The van der Waals surface area contributed by atoms with Crippen molar-refractivity contribution in [1.29, 1.82) is 0 Å². The topological polar surface area (TPSA) is 37.8 Å². The first-order valence-electron chi connectivity index (χ1n) is 5.96. The van der Waals surface area contributed by atoms with Crippen molar-refractivity contribution >= 4 is 46.4 Å². The van der Waals surface area contributed by atoms with Gasteiger partial charge >= 0.3 is 0 Å². The summed E-state index contributed by atoms with van der Waals surface area (Å²) < 4.78 is 0. The van der Waals surface area contributed by atoms with Crippen LogP contribution in [0.3, 0.4) is 0 Å². The predicted molar refractivity (Wildman–Crippen MR) is 86.3 cm³/mol. The highest BCUT2D eigenvalue weighted by Crippen LogP contribution is 2.25. The molecule has 3 nitrogen and oxygen atoms in total. The number of aromatic nitrogens is 2. The van der Waals surface area contributed by atoms with Crippen LogP contribution >= 0.6 is 24.0 Å². The number of nitrogens with one attached hydrogen (secondary N) is 1. The molecule has 3 rings (SSSR count). The lowest BCUT2D eigenvalue weighted by atomic mass is 10.2. The third-order valence-electron chi connectivity index (χ3n) is 2.91. The zero-order chi connectivity index (χ0) is 13.2. The van der Waals surface area contributed by atoms with Gasteiger partial charge in [-0.05, 0) is 37.3 Å². The standard InChI is InChI=1S/C15H12ClN3.ClH/c1-10-2-5-12(6-3-10)19-15-13-7-4-11(16)8-14(13)17-9-18-15;/h2-9H,1H3,(H,17,18,19);1H. The Morgan fingerprint density at radius 3 is 2.50 bits per heavy atom. The average Bonchev–Trinajstić information content (AvgIpc) is 2.41. The second kappa shape index (κ2) is 6.07. The summed E-state index contributed by atoms with van der Waals surface area (Å²) in [5.74, 6) is 0.783. The molecule has 0 aliphatic heterocycles. The molecule has 102 valence electrons. The number of benzene rings is 2. The summed E-state index contributed by atoms with van der Waals surface area (Å²) in [6.45, 7) is 2.06. The first kappa shape index (κ1) is 14.6. The molecule has 1 aromatic heterocycles. The molecule has 1 N–H and O–H groups in total. The van der Waals surface area contributed by atoms with Gasteiger partial charge in [-0.15, -0.1) is 12.4 Å². The second-order valence-corrected chi connectivity index (χ2v) is 4.81. The van der Waals surface area contributed by atoms with E-state index in [1.165, 1.54) is 11.9 Å². The molecule has 0 spiro atoms. The molecule has 0 radical (unpaired) electrons. The van der Waals surface area contributed by atoms with Gasteiger partial charge in [0.1, 0.15) is 12.1 Å². The summed E-state index contributed by atoms with van der Waals surface area (Å²) in [4.78, 5) is 8.51. The van der Waals surface area contributed by atoms with E-state index in [1.807, 2.05) is 30.3 Å². The number of hydrogen-bond acceptors (Lipinski definition) is 3. The van der Waals surface area contributed by atoms with Crippen molar-refractivity contribution in [3.63, 3.8) is 0 Å². The molecule has 0 unspecified atom stereocenters.